The summed E-state index contributed by atoms with van der Waals surface area (Å²) in [5.41, 5.74) is 1.11. The molecule has 0 aromatic heterocycles. The van der Waals surface area contributed by atoms with E-state index in [0.717, 1.165) is 11.8 Å². The fourth-order valence-corrected chi connectivity index (χ4v) is 3.91. The minimum absolute atomic E-state index is 0.0337. The third-order valence-corrected chi connectivity index (χ3v) is 5.77. The van der Waals surface area contributed by atoms with Crippen molar-refractivity contribution in [2.45, 2.75) is 18.6 Å². The van der Waals surface area contributed by atoms with Crippen molar-refractivity contribution in [1.29, 1.82) is 0 Å². The summed E-state index contributed by atoms with van der Waals surface area (Å²) in [5, 5.41) is 13.2. The number of hydrogen-bond donors (Lipinski definition) is 1. The van der Waals surface area contributed by atoms with Crippen LogP contribution in [0.25, 0.3) is 0 Å². The number of nitrogens with one attached hydrogen (secondary N) is 1. The lowest BCUT2D eigenvalue weighted by molar-refractivity contribution is -0.255. The molecule has 1 atom stereocenters. The Hall–Kier alpha value is -3.66. The van der Waals surface area contributed by atoms with Gasteiger partial charge >= 0.3 is 5.97 Å². The number of carboxylic acid groups (broad SMARTS) is 1. The highest BCUT2D eigenvalue weighted by Gasteiger charge is 2.34. The van der Waals surface area contributed by atoms with E-state index in [4.69, 9.17) is 4.74 Å². The molecule has 2 aromatic carbocycles. The van der Waals surface area contributed by atoms with Gasteiger partial charge in [-0.25, -0.2) is 9.79 Å². The molecule has 0 radical (unpaired) electrons. The molecular weight excluding hydrogens is 434 g/mol. The molecular formula is C22H20N3O6S-. The molecule has 1 aliphatic rings. The van der Waals surface area contributed by atoms with Crippen molar-refractivity contribution in [3.63, 3.8) is 0 Å². The molecule has 2 amide bonds. The number of esters is 1. The first kappa shape index (κ1) is 23.0. The van der Waals surface area contributed by atoms with Crippen LogP contribution in [-0.4, -0.2) is 52.7 Å². The number of amides is 2. The smallest absolute Gasteiger partial charge is 0.338 e. The number of carbonyl (C=O) groups is 4. The monoisotopic (exact) mass is 454 g/mol. The molecule has 3 rings (SSSR count). The standard InChI is InChI=1S/C22H21N3O6S/c1-3-31-21(30)13-7-9-15(10-8-13)24-22-25(2)18(26)12-17(32-22)19(27)23-16-6-4-5-14(11-16)20(28)29/h4-11,17H,3,12H2,1-2H3,(H,23,27)(H,28,29)/p-1/t17-/m1/s1. The molecule has 0 bridgehead atoms. The number of nitrogens with zero attached hydrogens (tertiary/aromatic N) is 2. The van der Waals surface area contributed by atoms with Gasteiger partial charge in [0.2, 0.25) is 11.8 Å². The van der Waals surface area contributed by atoms with Gasteiger partial charge in [0.15, 0.2) is 5.17 Å². The predicted octanol–water partition coefficient (Wildman–Crippen LogP) is 1.82. The number of anilines is 1. The summed E-state index contributed by atoms with van der Waals surface area (Å²) in [6.45, 7) is 1.99. The molecule has 1 heterocycles. The van der Waals surface area contributed by atoms with Crippen molar-refractivity contribution < 1.29 is 29.0 Å². The van der Waals surface area contributed by atoms with E-state index < -0.39 is 23.1 Å². The number of hydrogen-bond acceptors (Lipinski definition) is 8. The number of aliphatic imine (C=N–C) groups is 1. The van der Waals surface area contributed by atoms with Crippen LogP contribution in [0.3, 0.4) is 0 Å². The average molecular weight is 454 g/mol. The lowest BCUT2D eigenvalue weighted by atomic mass is 10.2. The van der Waals surface area contributed by atoms with E-state index in [1.807, 2.05) is 0 Å². The second-order valence-electron chi connectivity index (χ2n) is 6.78. The van der Waals surface area contributed by atoms with Crippen molar-refractivity contribution >= 4 is 52.1 Å². The zero-order valence-electron chi connectivity index (χ0n) is 17.4. The van der Waals surface area contributed by atoms with E-state index in [1.54, 1.807) is 44.3 Å². The van der Waals surface area contributed by atoms with E-state index in [-0.39, 0.29) is 30.2 Å². The van der Waals surface area contributed by atoms with Gasteiger partial charge in [-0.3, -0.25) is 14.5 Å². The molecule has 0 unspecified atom stereocenters. The predicted molar refractivity (Wildman–Crippen MR) is 118 cm³/mol. The highest BCUT2D eigenvalue weighted by atomic mass is 32.2. The fraction of sp³-hybridized carbons (Fsp3) is 0.227. The summed E-state index contributed by atoms with van der Waals surface area (Å²) in [6.07, 6.45) is -0.0337. The Morgan fingerprint density at radius 2 is 1.91 bits per heavy atom. The van der Waals surface area contributed by atoms with Crippen LogP contribution < -0.4 is 10.4 Å². The van der Waals surface area contributed by atoms with Gasteiger partial charge in [-0.1, -0.05) is 23.9 Å². The molecule has 166 valence electrons. The van der Waals surface area contributed by atoms with Crippen LogP contribution >= 0.6 is 11.8 Å². The Balaban J connectivity index is 1.75. The molecule has 32 heavy (non-hydrogen) atoms. The summed E-state index contributed by atoms with van der Waals surface area (Å²) >= 11 is 1.12. The molecule has 1 fully saturated rings. The number of thioether (sulfide) groups is 1. The van der Waals surface area contributed by atoms with Crippen molar-refractivity contribution in [2.75, 3.05) is 19.0 Å². The van der Waals surface area contributed by atoms with Gasteiger partial charge in [0, 0.05) is 19.2 Å². The molecule has 0 aliphatic carbocycles. The Bertz CT molecular complexity index is 1080. The molecule has 10 heteroatoms. The average Bonchev–Trinajstić information content (AvgIpc) is 2.77. The van der Waals surface area contributed by atoms with E-state index in [2.05, 4.69) is 10.3 Å². The second-order valence-corrected chi connectivity index (χ2v) is 7.95. The summed E-state index contributed by atoms with van der Waals surface area (Å²) in [4.78, 5) is 53.7. The maximum absolute atomic E-state index is 12.7. The van der Waals surface area contributed by atoms with Gasteiger partial charge < -0.3 is 20.0 Å². The number of ether oxygens (including phenoxy) is 1. The van der Waals surface area contributed by atoms with E-state index >= 15 is 0 Å². The Morgan fingerprint density at radius 1 is 1.19 bits per heavy atom. The van der Waals surface area contributed by atoms with E-state index in [1.165, 1.54) is 23.1 Å². The number of aromatic carboxylic acids is 1. The van der Waals surface area contributed by atoms with Crippen LogP contribution in [0.4, 0.5) is 11.4 Å². The summed E-state index contributed by atoms with van der Waals surface area (Å²) < 4.78 is 4.95. The van der Waals surface area contributed by atoms with Gasteiger partial charge in [-0.05, 0) is 48.9 Å². The van der Waals surface area contributed by atoms with Gasteiger partial charge in [-0.2, -0.15) is 0 Å². The van der Waals surface area contributed by atoms with Crippen molar-refractivity contribution in [1.82, 2.24) is 4.90 Å². The number of rotatable bonds is 6. The van der Waals surface area contributed by atoms with Gasteiger partial charge in [0.25, 0.3) is 0 Å². The van der Waals surface area contributed by atoms with Crippen LogP contribution in [-0.2, 0) is 14.3 Å². The maximum atomic E-state index is 12.7. The number of carboxylic acids is 1. The maximum Gasteiger partial charge on any atom is 0.338 e. The first-order valence-electron chi connectivity index (χ1n) is 9.70. The molecule has 9 nitrogen and oxygen atoms in total. The van der Waals surface area contributed by atoms with Crippen LogP contribution in [0.1, 0.15) is 34.1 Å². The number of carbonyl (C=O) groups excluding carboxylic acids is 4. The quantitative estimate of drug-likeness (QED) is 0.659. The number of amidine groups is 1. The SMILES string of the molecule is CCOC(=O)c1ccc(N=C2S[C@@H](C(=O)Nc3cccc(C(=O)[O-])c3)CC(=O)N2C)cc1. The lowest BCUT2D eigenvalue weighted by Gasteiger charge is -2.28. The molecule has 0 saturated carbocycles. The van der Waals surface area contributed by atoms with E-state index in [0.29, 0.717) is 16.4 Å². The fourth-order valence-electron chi connectivity index (χ4n) is 2.84. The van der Waals surface area contributed by atoms with Gasteiger partial charge in [-0.15, -0.1) is 0 Å². The summed E-state index contributed by atoms with van der Waals surface area (Å²) in [5.74, 6) is -2.52. The topological polar surface area (TPSA) is 128 Å². The van der Waals surface area contributed by atoms with Crippen LogP contribution in [0.5, 0.6) is 0 Å². The zero-order valence-corrected chi connectivity index (χ0v) is 18.2. The Morgan fingerprint density at radius 3 is 2.56 bits per heavy atom. The second kappa shape index (κ2) is 10.1. The largest absolute Gasteiger partial charge is 0.545 e. The Labute approximate surface area is 188 Å². The minimum atomic E-state index is -1.35. The summed E-state index contributed by atoms with van der Waals surface area (Å²) in [7, 11) is 1.57. The van der Waals surface area contributed by atoms with Crippen molar-refractivity contribution in [2.24, 2.45) is 4.99 Å². The third kappa shape index (κ3) is 5.52. The normalized spacial score (nSPS) is 17.2. The molecule has 1 N–H and O–H groups in total. The molecule has 2 aromatic rings. The van der Waals surface area contributed by atoms with Crippen LogP contribution in [0, 0.1) is 0 Å². The van der Waals surface area contributed by atoms with Crippen LogP contribution in [0.15, 0.2) is 53.5 Å². The first-order valence-corrected chi connectivity index (χ1v) is 10.6. The van der Waals surface area contributed by atoms with Crippen molar-refractivity contribution in [3.05, 3.63) is 59.7 Å². The molecule has 0 spiro atoms. The number of benzene rings is 2. The highest BCUT2D eigenvalue weighted by molar-refractivity contribution is 8.15. The third-order valence-electron chi connectivity index (χ3n) is 4.53. The Kier molecular flexibility index (Phi) is 7.26. The van der Waals surface area contributed by atoms with Crippen LogP contribution in [0.2, 0.25) is 0 Å². The molecule has 1 aliphatic heterocycles. The van der Waals surface area contributed by atoms with Crippen molar-refractivity contribution in [3.8, 4) is 0 Å². The van der Waals surface area contributed by atoms with Gasteiger partial charge in [0.1, 0.15) is 5.25 Å². The molecule has 1 saturated heterocycles. The highest BCUT2D eigenvalue weighted by Crippen LogP contribution is 2.29. The van der Waals surface area contributed by atoms with Gasteiger partial charge in [0.05, 0.1) is 23.8 Å². The van der Waals surface area contributed by atoms with E-state index in [9.17, 15) is 24.3 Å². The zero-order chi connectivity index (χ0) is 23.3. The minimum Gasteiger partial charge on any atom is -0.545 e. The lowest BCUT2D eigenvalue weighted by Crippen LogP contribution is -2.43. The first-order chi connectivity index (χ1) is 15.3. The summed E-state index contributed by atoms with van der Waals surface area (Å²) in [6, 6.07) is 12.1.